The molecular weight excluding hydrogens is 310 g/mol. The minimum absolute atomic E-state index is 0.0306. The van der Waals surface area contributed by atoms with E-state index in [0.717, 1.165) is 12.8 Å². The summed E-state index contributed by atoms with van der Waals surface area (Å²) in [6.07, 6.45) is 1.08. The molecule has 6 heteroatoms. The molecule has 2 aromatic rings. The van der Waals surface area contributed by atoms with Gasteiger partial charge in [-0.2, -0.15) is 0 Å². The average Bonchev–Trinajstić information content (AvgIpc) is 2.57. The fourth-order valence-electron chi connectivity index (χ4n) is 1.96. The van der Waals surface area contributed by atoms with Gasteiger partial charge in [-0.25, -0.2) is 9.59 Å². The lowest BCUT2D eigenvalue weighted by atomic mass is 10.2. The maximum Gasteiger partial charge on any atom is 0.412 e. The van der Waals surface area contributed by atoms with Gasteiger partial charge in [-0.05, 0) is 36.8 Å². The van der Waals surface area contributed by atoms with Crippen molar-refractivity contribution in [3.05, 3.63) is 54.1 Å². The number of hydrogen-bond acceptors (Lipinski definition) is 4. The highest BCUT2D eigenvalue weighted by molar-refractivity contribution is 5.92. The molecule has 0 bridgehead atoms. The van der Waals surface area contributed by atoms with Crippen LogP contribution in [0.1, 0.15) is 30.1 Å². The molecule has 0 spiro atoms. The monoisotopic (exact) mass is 329 g/mol. The highest BCUT2D eigenvalue weighted by atomic mass is 16.6. The smallest absolute Gasteiger partial charge is 0.412 e. The fraction of sp³-hybridized carbons (Fsp3) is 0.222. The molecule has 0 aromatic heterocycles. The van der Waals surface area contributed by atoms with Gasteiger partial charge in [0.05, 0.1) is 0 Å². The van der Waals surface area contributed by atoms with E-state index in [4.69, 9.17) is 9.47 Å². The van der Waals surface area contributed by atoms with Gasteiger partial charge in [-0.15, -0.1) is 0 Å². The normalized spacial score (nSPS) is 10.0. The molecule has 2 aromatic carbocycles. The van der Waals surface area contributed by atoms with Crippen LogP contribution in [0.15, 0.2) is 48.5 Å². The molecule has 0 aliphatic carbocycles. The molecule has 0 fully saturated rings. The number of carbonyl (C=O) groups excluding carboxylic acids is 1. The summed E-state index contributed by atoms with van der Waals surface area (Å²) in [5, 5.41) is 11.9. The van der Waals surface area contributed by atoms with Crippen LogP contribution in [0.4, 0.5) is 4.79 Å². The number of amides is 1. The third-order valence-corrected chi connectivity index (χ3v) is 3.16. The topological polar surface area (TPSA) is 84.9 Å². The second kappa shape index (κ2) is 8.57. The zero-order valence-corrected chi connectivity index (χ0v) is 13.3. The first-order valence-electron chi connectivity index (χ1n) is 7.66. The van der Waals surface area contributed by atoms with Crippen LogP contribution < -0.4 is 14.8 Å². The van der Waals surface area contributed by atoms with Crippen molar-refractivity contribution >= 4 is 12.1 Å². The van der Waals surface area contributed by atoms with Crippen LogP contribution in [0.2, 0.25) is 0 Å². The molecule has 0 aliphatic heterocycles. The van der Waals surface area contributed by atoms with Crippen molar-refractivity contribution in [3.63, 3.8) is 0 Å². The third-order valence-electron chi connectivity index (χ3n) is 3.16. The van der Waals surface area contributed by atoms with Crippen molar-refractivity contribution < 1.29 is 24.2 Å². The Bertz CT molecular complexity index is 700. The first kappa shape index (κ1) is 17.3. The molecule has 0 saturated heterocycles. The molecule has 0 radical (unpaired) electrons. The number of aromatic carboxylic acids is 1. The first-order valence-corrected chi connectivity index (χ1v) is 7.66. The summed E-state index contributed by atoms with van der Waals surface area (Å²) >= 11 is 0. The highest BCUT2D eigenvalue weighted by Crippen LogP contribution is 2.28. The summed E-state index contributed by atoms with van der Waals surface area (Å²) in [7, 11) is 0. The molecule has 0 unspecified atom stereocenters. The Hall–Kier alpha value is -3.02. The van der Waals surface area contributed by atoms with Gasteiger partial charge < -0.3 is 19.9 Å². The van der Waals surface area contributed by atoms with Crippen LogP contribution in [-0.4, -0.2) is 23.7 Å². The number of rotatable bonds is 7. The summed E-state index contributed by atoms with van der Waals surface area (Å²) < 4.78 is 10.7. The van der Waals surface area contributed by atoms with Gasteiger partial charge in [0.1, 0.15) is 22.8 Å². The van der Waals surface area contributed by atoms with Crippen LogP contribution in [-0.2, 0) is 0 Å². The van der Waals surface area contributed by atoms with Crippen molar-refractivity contribution in [1.29, 1.82) is 0 Å². The summed E-state index contributed by atoms with van der Waals surface area (Å²) in [4.78, 5) is 23.1. The number of benzene rings is 2. The molecule has 0 aliphatic rings. The molecular formula is C18H19NO5. The lowest BCUT2D eigenvalue weighted by Gasteiger charge is -2.11. The largest absolute Gasteiger partial charge is 0.478 e. The van der Waals surface area contributed by atoms with Gasteiger partial charge in [-0.3, -0.25) is 0 Å². The van der Waals surface area contributed by atoms with E-state index in [0.29, 0.717) is 18.0 Å². The number of carboxylic acid groups (broad SMARTS) is 1. The Balaban J connectivity index is 2.12. The molecule has 24 heavy (non-hydrogen) atoms. The molecule has 126 valence electrons. The summed E-state index contributed by atoms with van der Waals surface area (Å²) in [5.41, 5.74) is -0.144. The van der Waals surface area contributed by atoms with Gasteiger partial charge in [0, 0.05) is 6.54 Å². The van der Waals surface area contributed by atoms with Gasteiger partial charge in [0.25, 0.3) is 0 Å². The van der Waals surface area contributed by atoms with Gasteiger partial charge in [0.2, 0.25) is 0 Å². The Morgan fingerprint density at radius 3 is 2.50 bits per heavy atom. The van der Waals surface area contributed by atoms with E-state index in [1.54, 1.807) is 18.2 Å². The Kier molecular flexibility index (Phi) is 6.19. The third kappa shape index (κ3) is 5.01. The lowest BCUT2D eigenvalue weighted by Crippen LogP contribution is -2.28. The van der Waals surface area contributed by atoms with E-state index in [-0.39, 0.29) is 11.3 Å². The standard InChI is InChI=1S/C18H19NO5/c1-2-3-11-19-18(22)24-16-10-9-14(12-15(16)17(20)21)23-13-7-5-4-6-8-13/h4-10,12H,2-3,11H2,1H3,(H,19,22)(H,20,21). The summed E-state index contributed by atoms with van der Waals surface area (Å²) in [5.74, 6) is -0.307. The first-order chi connectivity index (χ1) is 11.6. The predicted octanol–water partition coefficient (Wildman–Crippen LogP) is 4.07. The van der Waals surface area contributed by atoms with Crippen LogP contribution >= 0.6 is 0 Å². The molecule has 6 nitrogen and oxygen atoms in total. The SMILES string of the molecule is CCCCNC(=O)Oc1ccc(Oc2ccccc2)cc1C(=O)O. The molecule has 0 heterocycles. The van der Waals surface area contributed by atoms with E-state index < -0.39 is 12.1 Å². The van der Waals surface area contributed by atoms with Crippen molar-refractivity contribution in [2.24, 2.45) is 0 Å². The number of hydrogen-bond donors (Lipinski definition) is 2. The zero-order chi connectivity index (χ0) is 17.4. The van der Waals surface area contributed by atoms with Crippen molar-refractivity contribution in [3.8, 4) is 17.2 Å². The van der Waals surface area contributed by atoms with E-state index in [1.165, 1.54) is 12.1 Å². The highest BCUT2D eigenvalue weighted by Gasteiger charge is 2.16. The maximum atomic E-state index is 11.7. The van der Waals surface area contributed by atoms with Crippen LogP contribution in [0.5, 0.6) is 17.2 Å². The molecule has 2 N–H and O–H groups in total. The number of carbonyl (C=O) groups is 2. The molecule has 1 amide bonds. The lowest BCUT2D eigenvalue weighted by molar-refractivity contribution is 0.0693. The van der Waals surface area contributed by atoms with Gasteiger partial charge in [-0.1, -0.05) is 31.5 Å². The molecule has 2 rings (SSSR count). The minimum Gasteiger partial charge on any atom is -0.478 e. The van der Waals surface area contributed by atoms with E-state index in [1.807, 2.05) is 25.1 Å². The number of ether oxygens (including phenoxy) is 2. The van der Waals surface area contributed by atoms with Gasteiger partial charge >= 0.3 is 12.1 Å². The Morgan fingerprint density at radius 1 is 1.08 bits per heavy atom. The van der Waals surface area contributed by atoms with Crippen molar-refractivity contribution in [2.75, 3.05) is 6.54 Å². The number of carboxylic acids is 1. The Morgan fingerprint density at radius 2 is 1.83 bits per heavy atom. The second-order valence-corrected chi connectivity index (χ2v) is 5.05. The van der Waals surface area contributed by atoms with Crippen LogP contribution in [0, 0.1) is 0 Å². The average molecular weight is 329 g/mol. The number of nitrogens with one attached hydrogen (secondary N) is 1. The summed E-state index contributed by atoms with van der Waals surface area (Å²) in [6, 6.07) is 13.3. The summed E-state index contributed by atoms with van der Waals surface area (Å²) in [6.45, 7) is 2.48. The van der Waals surface area contributed by atoms with E-state index in [2.05, 4.69) is 5.32 Å². The number of para-hydroxylation sites is 1. The molecule has 0 saturated carbocycles. The van der Waals surface area contributed by atoms with Crippen LogP contribution in [0.25, 0.3) is 0 Å². The zero-order valence-electron chi connectivity index (χ0n) is 13.3. The number of unbranched alkanes of at least 4 members (excludes halogenated alkanes) is 1. The minimum atomic E-state index is -1.20. The van der Waals surface area contributed by atoms with Crippen molar-refractivity contribution in [2.45, 2.75) is 19.8 Å². The second-order valence-electron chi connectivity index (χ2n) is 5.05. The fourth-order valence-corrected chi connectivity index (χ4v) is 1.96. The molecule has 0 atom stereocenters. The maximum absolute atomic E-state index is 11.7. The van der Waals surface area contributed by atoms with E-state index in [9.17, 15) is 14.7 Å². The predicted molar refractivity (Wildman–Crippen MR) is 88.9 cm³/mol. The van der Waals surface area contributed by atoms with Gasteiger partial charge in [0.15, 0.2) is 0 Å². The van der Waals surface area contributed by atoms with Crippen LogP contribution in [0.3, 0.4) is 0 Å². The quantitative estimate of drug-likeness (QED) is 0.748. The van der Waals surface area contributed by atoms with Crippen molar-refractivity contribution in [1.82, 2.24) is 5.32 Å². The van der Waals surface area contributed by atoms with E-state index >= 15 is 0 Å². The Labute approximate surface area is 140 Å².